The molecule has 0 aliphatic heterocycles. The number of hydrogen-bond donors (Lipinski definition) is 1. The lowest BCUT2D eigenvalue weighted by Crippen LogP contribution is -2.40. The summed E-state index contributed by atoms with van der Waals surface area (Å²) in [4.78, 5) is 2.23. The van der Waals surface area contributed by atoms with Crippen LogP contribution in [0.25, 0.3) is 0 Å². The minimum absolute atomic E-state index is 0.115. The van der Waals surface area contributed by atoms with Gasteiger partial charge >= 0.3 is 6.18 Å². The first-order valence-electron chi connectivity index (χ1n) is 6.99. The van der Waals surface area contributed by atoms with Crippen LogP contribution in [0.3, 0.4) is 0 Å². The highest BCUT2D eigenvalue weighted by Crippen LogP contribution is 2.36. The van der Waals surface area contributed by atoms with Crippen LogP contribution in [0.4, 0.5) is 18.9 Å². The molecule has 1 aromatic rings. The van der Waals surface area contributed by atoms with Gasteiger partial charge in [0.1, 0.15) is 0 Å². The second-order valence-electron chi connectivity index (χ2n) is 5.54. The van der Waals surface area contributed by atoms with Crippen molar-refractivity contribution in [1.82, 2.24) is 4.90 Å². The van der Waals surface area contributed by atoms with Crippen LogP contribution in [0.15, 0.2) is 22.7 Å². The molecule has 0 radical (unpaired) electrons. The normalized spacial score (nSPS) is 12.5. The maximum Gasteiger partial charge on any atom is 0.418 e. The average Bonchev–Trinajstić information content (AvgIpc) is 2.32. The third kappa shape index (κ3) is 5.51. The first-order chi connectivity index (χ1) is 9.62. The van der Waals surface area contributed by atoms with Crippen LogP contribution in [-0.2, 0) is 6.18 Å². The summed E-state index contributed by atoms with van der Waals surface area (Å²) in [6.07, 6.45) is -4.35. The highest BCUT2D eigenvalue weighted by Gasteiger charge is 2.33. The Bertz CT molecular complexity index is 451. The molecule has 1 rings (SSSR count). The molecular formula is C15H22BrF3N2. The van der Waals surface area contributed by atoms with Gasteiger partial charge in [-0.25, -0.2) is 0 Å². The number of alkyl halides is 3. The Morgan fingerprint density at radius 3 is 2.19 bits per heavy atom. The van der Waals surface area contributed by atoms with Crippen molar-refractivity contribution in [2.75, 3.05) is 18.4 Å². The SMILES string of the molecule is CC(C)N(CCNc1cc(Br)ccc1C(F)(F)F)C(C)C. The summed E-state index contributed by atoms with van der Waals surface area (Å²) in [6, 6.07) is 4.68. The van der Waals surface area contributed by atoms with Crippen molar-refractivity contribution in [2.45, 2.75) is 46.0 Å². The molecule has 6 heteroatoms. The highest BCUT2D eigenvalue weighted by molar-refractivity contribution is 9.10. The highest BCUT2D eigenvalue weighted by atomic mass is 79.9. The Balaban J connectivity index is 2.77. The summed E-state index contributed by atoms with van der Waals surface area (Å²) < 4.78 is 39.5. The van der Waals surface area contributed by atoms with Crippen molar-refractivity contribution in [2.24, 2.45) is 0 Å². The molecule has 0 aliphatic carbocycles. The Labute approximate surface area is 132 Å². The van der Waals surface area contributed by atoms with E-state index in [4.69, 9.17) is 0 Å². The first-order valence-corrected chi connectivity index (χ1v) is 7.78. The van der Waals surface area contributed by atoms with Gasteiger partial charge in [-0.05, 0) is 45.9 Å². The van der Waals surface area contributed by atoms with Crippen LogP contribution < -0.4 is 5.32 Å². The zero-order valence-corrected chi connectivity index (χ0v) is 14.3. The molecule has 0 fully saturated rings. The predicted molar refractivity (Wildman–Crippen MR) is 84.6 cm³/mol. The fourth-order valence-electron chi connectivity index (χ4n) is 2.34. The molecule has 0 saturated heterocycles. The van der Waals surface area contributed by atoms with Gasteiger partial charge in [0.2, 0.25) is 0 Å². The topological polar surface area (TPSA) is 15.3 Å². The number of rotatable bonds is 6. The number of anilines is 1. The minimum Gasteiger partial charge on any atom is -0.383 e. The number of benzene rings is 1. The van der Waals surface area contributed by atoms with E-state index in [2.05, 4.69) is 53.8 Å². The second kappa shape index (κ2) is 7.49. The molecule has 120 valence electrons. The van der Waals surface area contributed by atoms with E-state index in [9.17, 15) is 13.2 Å². The van der Waals surface area contributed by atoms with Crippen LogP contribution in [-0.4, -0.2) is 30.1 Å². The fourth-order valence-corrected chi connectivity index (χ4v) is 2.70. The van der Waals surface area contributed by atoms with Gasteiger partial charge in [0.25, 0.3) is 0 Å². The summed E-state index contributed by atoms with van der Waals surface area (Å²) in [6.45, 7) is 9.50. The molecule has 1 aromatic carbocycles. The van der Waals surface area contributed by atoms with E-state index in [1.54, 1.807) is 0 Å². The van der Waals surface area contributed by atoms with Gasteiger partial charge in [-0.3, -0.25) is 4.90 Å². The maximum atomic E-state index is 13.0. The summed E-state index contributed by atoms with van der Waals surface area (Å²) in [5, 5.41) is 2.91. The monoisotopic (exact) mass is 366 g/mol. The van der Waals surface area contributed by atoms with E-state index in [1.165, 1.54) is 12.1 Å². The van der Waals surface area contributed by atoms with Crippen LogP contribution >= 0.6 is 15.9 Å². The molecule has 0 bridgehead atoms. The van der Waals surface area contributed by atoms with Crippen LogP contribution in [0.1, 0.15) is 33.3 Å². The second-order valence-corrected chi connectivity index (χ2v) is 6.46. The van der Waals surface area contributed by atoms with E-state index in [0.29, 0.717) is 29.6 Å². The van der Waals surface area contributed by atoms with Crippen molar-refractivity contribution < 1.29 is 13.2 Å². The van der Waals surface area contributed by atoms with Gasteiger partial charge in [-0.15, -0.1) is 0 Å². The van der Waals surface area contributed by atoms with Gasteiger partial charge in [-0.1, -0.05) is 15.9 Å². The van der Waals surface area contributed by atoms with Gasteiger partial charge < -0.3 is 5.32 Å². The van der Waals surface area contributed by atoms with Crippen molar-refractivity contribution in [3.05, 3.63) is 28.2 Å². The zero-order chi connectivity index (χ0) is 16.2. The van der Waals surface area contributed by atoms with Gasteiger partial charge in [0.05, 0.1) is 5.56 Å². The first kappa shape index (κ1) is 18.3. The lowest BCUT2D eigenvalue weighted by Gasteiger charge is -2.30. The Hall–Kier alpha value is -0.750. The molecule has 2 nitrogen and oxygen atoms in total. The number of halogens is 4. The largest absolute Gasteiger partial charge is 0.418 e. The fraction of sp³-hybridized carbons (Fsp3) is 0.600. The molecule has 0 aliphatic rings. The molecular weight excluding hydrogens is 345 g/mol. The number of nitrogens with one attached hydrogen (secondary N) is 1. The van der Waals surface area contributed by atoms with Crippen LogP contribution in [0, 0.1) is 0 Å². The molecule has 0 atom stereocenters. The molecule has 0 spiro atoms. The molecule has 1 N–H and O–H groups in total. The third-order valence-corrected chi connectivity index (χ3v) is 3.79. The summed E-state index contributed by atoms with van der Waals surface area (Å²) in [5.74, 6) is 0. The molecule has 0 amide bonds. The maximum absolute atomic E-state index is 13.0. The van der Waals surface area contributed by atoms with Gasteiger partial charge in [0, 0.05) is 35.3 Å². The average molecular weight is 367 g/mol. The quantitative estimate of drug-likeness (QED) is 0.761. The minimum atomic E-state index is -4.35. The number of nitrogens with zero attached hydrogens (tertiary/aromatic N) is 1. The van der Waals surface area contributed by atoms with Crippen molar-refractivity contribution in [3.63, 3.8) is 0 Å². The lowest BCUT2D eigenvalue weighted by atomic mass is 10.1. The number of hydrogen-bond acceptors (Lipinski definition) is 2. The van der Waals surface area contributed by atoms with E-state index in [1.807, 2.05) is 0 Å². The zero-order valence-electron chi connectivity index (χ0n) is 12.8. The van der Waals surface area contributed by atoms with Crippen molar-refractivity contribution in [1.29, 1.82) is 0 Å². The molecule has 0 heterocycles. The Morgan fingerprint density at radius 1 is 1.14 bits per heavy atom. The predicted octanol–water partition coefficient (Wildman–Crippen LogP) is 5.00. The van der Waals surface area contributed by atoms with Crippen LogP contribution in [0.2, 0.25) is 0 Å². The van der Waals surface area contributed by atoms with E-state index < -0.39 is 11.7 Å². The van der Waals surface area contributed by atoms with Crippen molar-refractivity contribution in [3.8, 4) is 0 Å². The Kier molecular flexibility index (Phi) is 6.53. The molecule has 0 saturated carbocycles. The molecule has 21 heavy (non-hydrogen) atoms. The van der Waals surface area contributed by atoms with E-state index in [0.717, 1.165) is 6.07 Å². The van der Waals surface area contributed by atoms with Crippen molar-refractivity contribution >= 4 is 21.6 Å². The third-order valence-electron chi connectivity index (χ3n) is 3.30. The van der Waals surface area contributed by atoms with E-state index in [-0.39, 0.29) is 5.69 Å². The lowest BCUT2D eigenvalue weighted by molar-refractivity contribution is -0.137. The Morgan fingerprint density at radius 2 is 1.71 bits per heavy atom. The summed E-state index contributed by atoms with van der Waals surface area (Å²) in [5.41, 5.74) is -0.518. The van der Waals surface area contributed by atoms with Gasteiger partial charge in [0.15, 0.2) is 0 Å². The molecule has 0 aromatic heterocycles. The van der Waals surface area contributed by atoms with Crippen LogP contribution in [0.5, 0.6) is 0 Å². The van der Waals surface area contributed by atoms with E-state index >= 15 is 0 Å². The molecule has 0 unspecified atom stereocenters. The van der Waals surface area contributed by atoms with Gasteiger partial charge in [-0.2, -0.15) is 13.2 Å². The smallest absolute Gasteiger partial charge is 0.383 e. The standard InChI is InChI=1S/C15H22BrF3N2/c1-10(2)21(11(3)4)8-7-20-14-9-12(16)5-6-13(14)15(17,18)19/h5-6,9-11,20H,7-8H2,1-4H3. The summed E-state index contributed by atoms with van der Waals surface area (Å²) >= 11 is 3.21. The summed E-state index contributed by atoms with van der Waals surface area (Å²) in [7, 11) is 0.